The van der Waals surface area contributed by atoms with Crippen LogP contribution in [0.1, 0.15) is 26.7 Å². The molecule has 2 aromatic rings. The Hall–Kier alpha value is -2.12. The molecule has 3 N–H and O–H groups in total. The molecule has 3 heterocycles. The summed E-state index contributed by atoms with van der Waals surface area (Å²) in [4.78, 5) is 24.2. The molecule has 0 radical (unpaired) electrons. The number of carbonyl (C=O) groups is 1. The van der Waals surface area contributed by atoms with Gasteiger partial charge in [-0.05, 0) is 38.3 Å². The minimum atomic E-state index is -0.169. The van der Waals surface area contributed by atoms with Crippen molar-refractivity contribution in [2.24, 2.45) is 5.92 Å². The van der Waals surface area contributed by atoms with E-state index in [9.17, 15) is 9.59 Å². The van der Waals surface area contributed by atoms with Crippen molar-refractivity contribution < 1.29 is 9.21 Å². The van der Waals surface area contributed by atoms with Crippen LogP contribution in [0.5, 0.6) is 0 Å². The Labute approximate surface area is 140 Å². The van der Waals surface area contributed by atoms with Gasteiger partial charge in [0.1, 0.15) is 0 Å². The van der Waals surface area contributed by atoms with Gasteiger partial charge in [0.2, 0.25) is 5.91 Å². The molecule has 1 aliphatic rings. The Morgan fingerprint density at radius 3 is 2.79 bits per heavy atom. The molecule has 2 unspecified atom stereocenters. The molecular formula is C17H24N4O3. The smallest absolute Gasteiger partial charge is 0.294 e. The maximum atomic E-state index is 12.2. The minimum absolute atomic E-state index is 0.0217. The quantitative estimate of drug-likeness (QED) is 0.734. The van der Waals surface area contributed by atoms with Crippen molar-refractivity contribution >= 4 is 16.9 Å². The third-order valence-electron chi connectivity index (χ3n) is 4.79. The van der Waals surface area contributed by atoms with Crippen molar-refractivity contribution in [1.82, 2.24) is 20.7 Å². The first-order chi connectivity index (χ1) is 11.6. The Morgan fingerprint density at radius 2 is 2.04 bits per heavy atom. The molecule has 7 nitrogen and oxygen atoms in total. The Morgan fingerprint density at radius 1 is 1.29 bits per heavy atom. The monoisotopic (exact) mass is 332 g/mol. The average Bonchev–Trinajstić information content (AvgIpc) is 3.15. The Balaban J connectivity index is 1.46. The lowest BCUT2D eigenvalue weighted by Gasteiger charge is -2.17. The maximum Gasteiger partial charge on any atom is 0.294 e. The zero-order chi connectivity index (χ0) is 17.1. The van der Waals surface area contributed by atoms with E-state index in [4.69, 9.17) is 4.42 Å². The van der Waals surface area contributed by atoms with E-state index in [1.54, 1.807) is 16.8 Å². The largest absolute Gasteiger partial charge is 0.459 e. The average molecular weight is 332 g/mol. The van der Waals surface area contributed by atoms with E-state index in [0.29, 0.717) is 43.1 Å². The van der Waals surface area contributed by atoms with Gasteiger partial charge >= 0.3 is 0 Å². The van der Waals surface area contributed by atoms with Crippen molar-refractivity contribution in [2.45, 2.75) is 45.3 Å². The van der Waals surface area contributed by atoms with Crippen molar-refractivity contribution in [3.63, 3.8) is 0 Å². The number of carbonyl (C=O) groups excluding carboxylic acids is 1. The van der Waals surface area contributed by atoms with E-state index >= 15 is 0 Å². The van der Waals surface area contributed by atoms with Crippen molar-refractivity contribution in [3.05, 3.63) is 34.9 Å². The number of hydrogen-bond acceptors (Lipinski definition) is 5. The molecule has 2 atom stereocenters. The van der Waals surface area contributed by atoms with Crippen LogP contribution < -0.4 is 21.7 Å². The lowest BCUT2D eigenvalue weighted by molar-refractivity contribution is -0.121. The first kappa shape index (κ1) is 16.7. The van der Waals surface area contributed by atoms with Crippen molar-refractivity contribution in [3.8, 4) is 0 Å². The molecule has 0 bridgehead atoms. The highest BCUT2D eigenvalue weighted by atomic mass is 16.3. The maximum absolute atomic E-state index is 12.2. The first-order valence-corrected chi connectivity index (χ1v) is 8.40. The predicted octanol–water partition coefficient (Wildman–Crippen LogP) is 0.992. The second-order valence-corrected chi connectivity index (χ2v) is 6.44. The van der Waals surface area contributed by atoms with Gasteiger partial charge in [-0.25, -0.2) is 0 Å². The first-order valence-electron chi connectivity index (χ1n) is 8.40. The molecule has 0 aliphatic carbocycles. The van der Waals surface area contributed by atoms with Crippen LogP contribution in [0.25, 0.3) is 11.0 Å². The normalized spacial score (nSPS) is 23.7. The second kappa shape index (κ2) is 7.19. The fourth-order valence-electron chi connectivity index (χ4n) is 3.28. The van der Waals surface area contributed by atoms with Gasteiger partial charge in [0.05, 0.1) is 6.26 Å². The minimum Gasteiger partial charge on any atom is -0.459 e. The van der Waals surface area contributed by atoms with E-state index in [2.05, 4.69) is 30.0 Å². The van der Waals surface area contributed by atoms with Gasteiger partial charge in [0.15, 0.2) is 5.58 Å². The molecule has 3 rings (SSSR count). The third-order valence-corrected chi connectivity index (χ3v) is 4.79. The van der Waals surface area contributed by atoms with Gasteiger partial charge in [-0.15, -0.1) is 0 Å². The summed E-state index contributed by atoms with van der Waals surface area (Å²) in [5.41, 5.74) is 6.58. The van der Waals surface area contributed by atoms with Crippen LogP contribution in [-0.2, 0) is 11.3 Å². The van der Waals surface area contributed by atoms with Crippen LogP contribution >= 0.6 is 0 Å². The van der Waals surface area contributed by atoms with E-state index in [-0.39, 0.29) is 11.5 Å². The summed E-state index contributed by atoms with van der Waals surface area (Å²) >= 11 is 0. The van der Waals surface area contributed by atoms with Crippen LogP contribution in [0.3, 0.4) is 0 Å². The van der Waals surface area contributed by atoms with Gasteiger partial charge in [0, 0.05) is 43.2 Å². The molecule has 1 aliphatic heterocycles. The summed E-state index contributed by atoms with van der Waals surface area (Å²) in [6.07, 6.45) is 4.57. The highest BCUT2D eigenvalue weighted by molar-refractivity contribution is 5.76. The number of hydrazine groups is 1. The number of rotatable bonds is 6. The summed E-state index contributed by atoms with van der Waals surface area (Å²) in [6.45, 7) is 5.10. The van der Waals surface area contributed by atoms with Crippen LogP contribution in [0, 0.1) is 5.92 Å². The summed E-state index contributed by atoms with van der Waals surface area (Å²) in [5.74, 6) is 0.466. The third kappa shape index (κ3) is 3.52. The second-order valence-electron chi connectivity index (χ2n) is 6.44. The SMILES string of the molecule is CC1NNC(C)C1CCC(=O)NCCn1ccc2ccoc2c1=O. The van der Waals surface area contributed by atoms with Gasteiger partial charge in [0.25, 0.3) is 5.56 Å². The van der Waals surface area contributed by atoms with Crippen molar-refractivity contribution in [1.29, 1.82) is 0 Å². The van der Waals surface area contributed by atoms with Gasteiger partial charge in [-0.1, -0.05) is 0 Å². The van der Waals surface area contributed by atoms with E-state index in [1.807, 2.05) is 6.07 Å². The molecule has 7 heteroatoms. The summed E-state index contributed by atoms with van der Waals surface area (Å²) in [6, 6.07) is 4.33. The number of hydrogen-bond donors (Lipinski definition) is 3. The lowest BCUT2D eigenvalue weighted by Crippen LogP contribution is -2.31. The van der Waals surface area contributed by atoms with Gasteiger partial charge in [-0.2, -0.15) is 0 Å². The number of nitrogens with zero attached hydrogens (tertiary/aromatic N) is 1. The summed E-state index contributed by atoms with van der Waals surface area (Å²) < 4.78 is 6.76. The molecular weight excluding hydrogens is 308 g/mol. The fourth-order valence-corrected chi connectivity index (χ4v) is 3.28. The Bertz CT molecular complexity index is 757. The molecule has 1 saturated heterocycles. The molecule has 0 saturated carbocycles. The molecule has 24 heavy (non-hydrogen) atoms. The molecule has 130 valence electrons. The van der Waals surface area contributed by atoms with Crippen LogP contribution in [0.15, 0.2) is 33.8 Å². The van der Waals surface area contributed by atoms with Crippen LogP contribution in [-0.4, -0.2) is 29.1 Å². The summed E-state index contributed by atoms with van der Waals surface area (Å²) in [7, 11) is 0. The molecule has 1 fully saturated rings. The summed E-state index contributed by atoms with van der Waals surface area (Å²) in [5, 5.41) is 3.68. The standard InChI is InChI=1S/C17H24N4O3/c1-11-14(12(2)20-19-11)3-4-15(22)18-7-9-21-8-5-13-6-10-24-16(13)17(21)23/h5-6,8,10-12,14,19-20H,3-4,7,9H2,1-2H3,(H,18,22). The Kier molecular flexibility index (Phi) is 5.01. The number of fused-ring (bicyclic) bond motifs is 1. The van der Waals surface area contributed by atoms with Gasteiger partial charge < -0.3 is 14.3 Å². The van der Waals surface area contributed by atoms with E-state index < -0.39 is 0 Å². The molecule has 0 aromatic carbocycles. The van der Waals surface area contributed by atoms with Crippen molar-refractivity contribution in [2.75, 3.05) is 6.54 Å². The molecule has 0 spiro atoms. The zero-order valence-corrected chi connectivity index (χ0v) is 14.0. The van der Waals surface area contributed by atoms with Gasteiger partial charge in [-0.3, -0.25) is 20.4 Å². The zero-order valence-electron chi connectivity index (χ0n) is 14.0. The highest BCUT2D eigenvalue weighted by Crippen LogP contribution is 2.19. The number of pyridine rings is 1. The number of amides is 1. The molecule has 2 aromatic heterocycles. The van der Waals surface area contributed by atoms with E-state index in [0.717, 1.165) is 11.8 Å². The number of nitrogens with one attached hydrogen (secondary N) is 3. The van der Waals surface area contributed by atoms with E-state index in [1.165, 1.54) is 6.26 Å². The van der Waals surface area contributed by atoms with Crippen LogP contribution in [0.4, 0.5) is 0 Å². The topological polar surface area (TPSA) is 88.3 Å². The van der Waals surface area contributed by atoms with Crippen LogP contribution in [0.2, 0.25) is 0 Å². The number of aromatic nitrogens is 1. The fraction of sp³-hybridized carbons (Fsp3) is 0.529. The number of furan rings is 1. The molecule has 1 amide bonds. The predicted molar refractivity (Wildman–Crippen MR) is 91.4 cm³/mol. The highest BCUT2D eigenvalue weighted by Gasteiger charge is 2.29. The lowest BCUT2D eigenvalue weighted by atomic mass is 9.91.